The summed E-state index contributed by atoms with van der Waals surface area (Å²) < 4.78 is 25.5. The summed E-state index contributed by atoms with van der Waals surface area (Å²) in [6.07, 6.45) is 2.44. The predicted molar refractivity (Wildman–Crippen MR) is 114 cm³/mol. The van der Waals surface area contributed by atoms with Crippen LogP contribution in [0.3, 0.4) is 0 Å². The Labute approximate surface area is 180 Å². The molecule has 0 aromatic heterocycles. The van der Waals surface area contributed by atoms with E-state index in [1.807, 2.05) is 6.92 Å². The number of carbonyl (C=O) groups is 2. The van der Waals surface area contributed by atoms with Crippen molar-refractivity contribution in [2.75, 3.05) is 20.8 Å². The van der Waals surface area contributed by atoms with Crippen LogP contribution < -0.4 is 9.47 Å². The first-order valence-corrected chi connectivity index (χ1v) is 10.2. The summed E-state index contributed by atoms with van der Waals surface area (Å²) in [5.41, 5.74) is 0.100. The summed E-state index contributed by atoms with van der Waals surface area (Å²) >= 11 is 0. The molecule has 0 saturated carbocycles. The van der Waals surface area contributed by atoms with Crippen molar-refractivity contribution in [2.45, 2.75) is 32.2 Å². The van der Waals surface area contributed by atoms with Gasteiger partial charge in [-0.1, -0.05) is 44.0 Å². The van der Waals surface area contributed by atoms with Crippen molar-refractivity contribution >= 4 is 17.4 Å². The van der Waals surface area contributed by atoms with E-state index in [-0.39, 0.29) is 34.7 Å². The Morgan fingerprint density at radius 1 is 1.03 bits per heavy atom. The second kappa shape index (κ2) is 9.64. The topological polar surface area (TPSA) is 76.1 Å². The lowest BCUT2D eigenvalue weighted by Crippen LogP contribution is -2.31. The first kappa shape index (κ1) is 22.3. The normalized spacial score (nSPS) is 17.8. The molecule has 3 rings (SSSR count). The van der Waals surface area contributed by atoms with Crippen LogP contribution in [0.15, 0.2) is 48.0 Å². The molecule has 1 N–H and O–H groups in total. The number of aliphatic hydroxyl groups is 1. The number of amides is 1. The summed E-state index contributed by atoms with van der Waals surface area (Å²) in [5, 5.41) is 11.2. The Bertz CT molecular complexity index is 995. The number of likely N-dealkylation sites (tertiary alicyclic amines) is 1. The van der Waals surface area contributed by atoms with E-state index in [2.05, 4.69) is 0 Å². The molecular weight excluding hydrogens is 401 g/mol. The lowest BCUT2D eigenvalue weighted by Gasteiger charge is -2.26. The number of halogens is 1. The number of ketones is 1. The quantitative estimate of drug-likeness (QED) is 0.291. The van der Waals surface area contributed by atoms with E-state index in [0.29, 0.717) is 6.42 Å². The molecule has 1 saturated heterocycles. The van der Waals surface area contributed by atoms with Gasteiger partial charge in [-0.3, -0.25) is 9.59 Å². The van der Waals surface area contributed by atoms with Crippen LogP contribution in [0, 0.1) is 5.82 Å². The van der Waals surface area contributed by atoms with Crippen molar-refractivity contribution < 1.29 is 28.6 Å². The molecule has 1 aliphatic rings. The third-order valence-electron chi connectivity index (χ3n) is 5.41. The first-order chi connectivity index (χ1) is 15.0. The summed E-state index contributed by atoms with van der Waals surface area (Å²) in [6, 6.07) is 9.79. The Morgan fingerprint density at radius 2 is 1.68 bits per heavy atom. The molecule has 1 heterocycles. The van der Waals surface area contributed by atoms with Crippen molar-refractivity contribution in [3.05, 3.63) is 65.0 Å². The zero-order chi connectivity index (χ0) is 22.5. The molecule has 1 fully saturated rings. The Balaban J connectivity index is 2.25. The van der Waals surface area contributed by atoms with Gasteiger partial charge in [-0.15, -0.1) is 0 Å². The number of unbranched alkanes of at least 4 members (excludes halogenated alkanes) is 2. The van der Waals surface area contributed by atoms with Crippen LogP contribution in [0.25, 0.3) is 5.76 Å². The molecule has 164 valence electrons. The number of benzene rings is 2. The average molecular weight is 427 g/mol. The van der Waals surface area contributed by atoms with Gasteiger partial charge in [0, 0.05) is 12.1 Å². The first-order valence-electron chi connectivity index (χ1n) is 10.2. The van der Waals surface area contributed by atoms with E-state index in [4.69, 9.17) is 9.47 Å². The fourth-order valence-corrected chi connectivity index (χ4v) is 3.88. The van der Waals surface area contributed by atoms with Crippen molar-refractivity contribution in [1.82, 2.24) is 4.90 Å². The number of Topliss-reactive ketones (excluding diaryl/α,β-unsaturated/α-hetero) is 1. The van der Waals surface area contributed by atoms with Crippen LogP contribution >= 0.6 is 0 Å². The fourth-order valence-electron chi connectivity index (χ4n) is 3.88. The second-order valence-corrected chi connectivity index (χ2v) is 7.26. The molecule has 0 aliphatic carbocycles. The highest BCUT2D eigenvalue weighted by Crippen LogP contribution is 2.43. The molecule has 31 heavy (non-hydrogen) atoms. The Morgan fingerprint density at radius 3 is 2.26 bits per heavy atom. The molecule has 2 aromatic rings. The molecule has 6 nitrogen and oxygen atoms in total. The van der Waals surface area contributed by atoms with Crippen molar-refractivity contribution in [1.29, 1.82) is 0 Å². The van der Waals surface area contributed by atoms with Gasteiger partial charge in [0.1, 0.15) is 28.6 Å². The smallest absolute Gasteiger partial charge is 0.295 e. The highest BCUT2D eigenvalue weighted by molar-refractivity contribution is 6.46. The predicted octanol–water partition coefficient (Wildman–Crippen LogP) is 4.45. The third-order valence-corrected chi connectivity index (χ3v) is 5.41. The molecular formula is C24H26FNO5. The number of methoxy groups -OCH3 is 2. The number of hydrogen-bond donors (Lipinski definition) is 1. The standard InChI is InChI=1S/C24H26FNO5/c1-4-5-8-14-26-21(15-10-6-7-11-16(15)25)20(23(28)24(26)29)22(27)19-17(30-2)12-9-13-18(19)31-3/h6-7,9-13,21,27H,4-5,8,14H2,1-3H3/b22-20+. The van der Waals surface area contributed by atoms with Crippen LogP contribution in [0.1, 0.15) is 43.4 Å². The van der Waals surface area contributed by atoms with E-state index in [1.54, 1.807) is 24.3 Å². The van der Waals surface area contributed by atoms with Gasteiger partial charge < -0.3 is 19.5 Å². The molecule has 1 amide bonds. The van der Waals surface area contributed by atoms with Crippen LogP contribution in [-0.4, -0.2) is 42.5 Å². The molecule has 0 bridgehead atoms. The number of aliphatic hydroxyl groups excluding tert-OH is 1. The van der Waals surface area contributed by atoms with Crippen molar-refractivity contribution in [3.63, 3.8) is 0 Å². The number of rotatable bonds is 8. The maximum Gasteiger partial charge on any atom is 0.295 e. The van der Waals surface area contributed by atoms with E-state index in [1.165, 1.54) is 37.3 Å². The van der Waals surface area contributed by atoms with Gasteiger partial charge in [-0.2, -0.15) is 0 Å². The SMILES string of the molecule is CCCCCN1C(=O)C(=O)/C(=C(/O)c2c(OC)cccc2OC)C1c1ccccc1F. The monoisotopic (exact) mass is 427 g/mol. The maximum atomic E-state index is 14.8. The lowest BCUT2D eigenvalue weighted by molar-refractivity contribution is -0.139. The fraction of sp³-hybridized carbons (Fsp3) is 0.333. The van der Waals surface area contributed by atoms with Crippen molar-refractivity contribution in [2.24, 2.45) is 0 Å². The summed E-state index contributed by atoms with van der Waals surface area (Å²) in [7, 11) is 2.84. The molecule has 1 aliphatic heterocycles. The summed E-state index contributed by atoms with van der Waals surface area (Å²) in [5.74, 6) is -2.12. The largest absolute Gasteiger partial charge is 0.506 e. The Hall–Kier alpha value is -3.35. The highest BCUT2D eigenvalue weighted by Gasteiger charge is 2.47. The summed E-state index contributed by atoms with van der Waals surface area (Å²) in [6.45, 7) is 2.30. The van der Waals surface area contributed by atoms with Gasteiger partial charge in [0.05, 0.1) is 25.8 Å². The maximum absolute atomic E-state index is 14.8. The van der Waals surface area contributed by atoms with Crippen LogP contribution in [-0.2, 0) is 9.59 Å². The molecule has 0 spiro atoms. The zero-order valence-corrected chi connectivity index (χ0v) is 17.9. The zero-order valence-electron chi connectivity index (χ0n) is 17.9. The molecule has 7 heteroatoms. The number of carbonyl (C=O) groups excluding carboxylic acids is 2. The minimum atomic E-state index is -1.05. The molecule has 1 atom stereocenters. The minimum absolute atomic E-state index is 0.139. The van der Waals surface area contributed by atoms with Crippen LogP contribution in [0.4, 0.5) is 4.39 Å². The van der Waals surface area contributed by atoms with Gasteiger partial charge in [-0.25, -0.2) is 4.39 Å². The van der Waals surface area contributed by atoms with Gasteiger partial charge in [-0.05, 0) is 24.6 Å². The van der Waals surface area contributed by atoms with E-state index in [9.17, 15) is 19.1 Å². The minimum Gasteiger partial charge on any atom is -0.506 e. The molecule has 0 radical (unpaired) electrons. The molecule has 2 aromatic carbocycles. The van der Waals surface area contributed by atoms with Gasteiger partial charge in [0.15, 0.2) is 0 Å². The average Bonchev–Trinajstić information content (AvgIpc) is 3.03. The van der Waals surface area contributed by atoms with E-state index in [0.717, 1.165) is 12.8 Å². The molecule has 1 unspecified atom stereocenters. The van der Waals surface area contributed by atoms with Gasteiger partial charge in [0.25, 0.3) is 11.7 Å². The highest BCUT2D eigenvalue weighted by atomic mass is 19.1. The summed E-state index contributed by atoms with van der Waals surface area (Å²) in [4.78, 5) is 27.3. The van der Waals surface area contributed by atoms with Gasteiger partial charge >= 0.3 is 0 Å². The van der Waals surface area contributed by atoms with Crippen LogP contribution in [0.5, 0.6) is 11.5 Å². The number of hydrogen-bond acceptors (Lipinski definition) is 5. The Kier molecular flexibility index (Phi) is 6.95. The van der Waals surface area contributed by atoms with Crippen LogP contribution in [0.2, 0.25) is 0 Å². The third kappa shape index (κ3) is 4.13. The lowest BCUT2D eigenvalue weighted by atomic mass is 9.94. The van der Waals surface area contributed by atoms with Crippen molar-refractivity contribution in [3.8, 4) is 11.5 Å². The van der Waals surface area contributed by atoms with Gasteiger partial charge in [0.2, 0.25) is 0 Å². The van der Waals surface area contributed by atoms with E-state index < -0.39 is 29.3 Å². The second-order valence-electron chi connectivity index (χ2n) is 7.26. The number of nitrogens with zero attached hydrogens (tertiary/aromatic N) is 1. The van der Waals surface area contributed by atoms with E-state index >= 15 is 0 Å². The number of ether oxygens (including phenoxy) is 2.